The summed E-state index contributed by atoms with van der Waals surface area (Å²) in [5.74, 6) is 6.04. The molecule has 5 nitrogen and oxygen atoms in total. The third kappa shape index (κ3) is 3.01. The molecule has 0 aliphatic heterocycles. The molecule has 0 saturated carbocycles. The standard InChI is InChI=1S/C13H15F3N4O/c1-20-12(10(21-2)7-18-20)11(19-17)8-3-5-9(6-4-8)13(14,15)16/h3-7,11,19H,17H2,1-2H3. The van der Waals surface area contributed by atoms with Crippen molar-refractivity contribution in [2.45, 2.75) is 12.2 Å². The van der Waals surface area contributed by atoms with Gasteiger partial charge in [0, 0.05) is 7.05 Å². The molecule has 1 aromatic heterocycles. The highest BCUT2D eigenvalue weighted by atomic mass is 19.4. The van der Waals surface area contributed by atoms with Gasteiger partial charge in [-0.2, -0.15) is 18.3 Å². The van der Waals surface area contributed by atoms with Crippen LogP contribution in [0.2, 0.25) is 0 Å². The van der Waals surface area contributed by atoms with E-state index in [0.717, 1.165) is 12.1 Å². The summed E-state index contributed by atoms with van der Waals surface area (Å²) in [6.07, 6.45) is -2.85. The first kappa shape index (κ1) is 15.3. The van der Waals surface area contributed by atoms with Gasteiger partial charge in [0.2, 0.25) is 0 Å². The lowest BCUT2D eigenvalue weighted by Gasteiger charge is -2.18. The lowest BCUT2D eigenvalue weighted by Crippen LogP contribution is -2.30. The summed E-state index contributed by atoms with van der Waals surface area (Å²) in [4.78, 5) is 0. The molecular formula is C13H15F3N4O. The zero-order chi connectivity index (χ0) is 15.6. The van der Waals surface area contributed by atoms with Crippen molar-refractivity contribution in [1.82, 2.24) is 15.2 Å². The number of nitrogens with zero attached hydrogens (tertiary/aromatic N) is 2. The first-order valence-electron chi connectivity index (χ1n) is 6.07. The Balaban J connectivity index is 2.40. The van der Waals surface area contributed by atoms with Crippen molar-refractivity contribution in [1.29, 1.82) is 0 Å². The predicted molar refractivity (Wildman–Crippen MR) is 70.4 cm³/mol. The highest BCUT2D eigenvalue weighted by Crippen LogP contribution is 2.32. The minimum Gasteiger partial charge on any atom is -0.493 e. The van der Waals surface area contributed by atoms with Crippen LogP contribution in [-0.4, -0.2) is 16.9 Å². The molecule has 21 heavy (non-hydrogen) atoms. The van der Waals surface area contributed by atoms with Crippen LogP contribution in [0, 0.1) is 0 Å². The molecule has 0 spiro atoms. The van der Waals surface area contributed by atoms with Crippen LogP contribution in [0.1, 0.15) is 22.9 Å². The highest BCUT2D eigenvalue weighted by Gasteiger charge is 2.30. The minimum absolute atomic E-state index is 0.500. The molecule has 0 radical (unpaired) electrons. The maximum atomic E-state index is 12.6. The second kappa shape index (κ2) is 5.74. The number of alkyl halides is 3. The van der Waals surface area contributed by atoms with E-state index in [4.69, 9.17) is 10.6 Å². The summed E-state index contributed by atoms with van der Waals surface area (Å²) in [5.41, 5.74) is 3.06. The van der Waals surface area contributed by atoms with Crippen LogP contribution in [0.4, 0.5) is 13.2 Å². The zero-order valence-electron chi connectivity index (χ0n) is 11.5. The van der Waals surface area contributed by atoms with Gasteiger partial charge in [0.1, 0.15) is 5.69 Å². The first-order chi connectivity index (χ1) is 9.88. The Kier molecular flexibility index (Phi) is 4.19. The van der Waals surface area contributed by atoms with Gasteiger partial charge in [-0.25, -0.2) is 5.43 Å². The largest absolute Gasteiger partial charge is 0.493 e. The van der Waals surface area contributed by atoms with Crippen LogP contribution in [0.3, 0.4) is 0 Å². The van der Waals surface area contributed by atoms with Crippen molar-refractivity contribution in [3.8, 4) is 5.75 Å². The molecule has 1 heterocycles. The molecule has 0 aliphatic rings. The summed E-state index contributed by atoms with van der Waals surface area (Å²) >= 11 is 0. The molecule has 0 saturated heterocycles. The van der Waals surface area contributed by atoms with E-state index in [9.17, 15) is 13.2 Å². The Morgan fingerprint density at radius 2 is 1.90 bits per heavy atom. The van der Waals surface area contributed by atoms with Crippen LogP contribution in [0.5, 0.6) is 5.75 Å². The molecule has 0 aliphatic carbocycles. The number of benzene rings is 1. The number of rotatable bonds is 4. The van der Waals surface area contributed by atoms with Gasteiger partial charge in [0.25, 0.3) is 0 Å². The fourth-order valence-electron chi connectivity index (χ4n) is 2.11. The highest BCUT2D eigenvalue weighted by molar-refractivity contribution is 5.37. The number of methoxy groups -OCH3 is 1. The van der Waals surface area contributed by atoms with Crippen LogP contribution >= 0.6 is 0 Å². The average molecular weight is 300 g/mol. The summed E-state index contributed by atoms with van der Waals surface area (Å²) in [6.45, 7) is 0. The summed E-state index contributed by atoms with van der Waals surface area (Å²) in [5, 5.41) is 4.05. The van der Waals surface area contributed by atoms with E-state index < -0.39 is 17.8 Å². The third-order valence-electron chi connectivity index (χ3n) is 3.18. The minimum atomic E-state index is -4.37. The van der Waals surface area contributed by atoms with Crippen LogP contribution in [-0.2, 0) is 13.2 Å². The number of aromatic nitrogens is 2. The predicted octanol–water partition coefficient (Wildman–Crippen LogP) is 2.00. The smallest absolute Gasteiger partial charge is 0.416 e. The van der Waals surface area contributed by atoms with E-state index in [2.05, 4.69) is 10.5 Å². The topological polar surface area (TPSA) is 65.1 Å². The number of hydrogen-bond donors (Lipinski definition) is 2. The second-order valence-corrected chi connectivity index (χ2v) is 4.44. The van der Waals surface area contributed by atoms with Crippen molar-refractivity contribution in [3.63, 3.8) is 0 Å². The lowest BCUT2D eigenvalue weighted by molar-refractivity contribution is -0.137. The van der Waals surface area contributed by atoms with Crippen molar-refractivity contribution >= 4 is 0 Å². The fraction of sp³-hybridized carbons (Fsp3) is 0.308. The second-order valence-electron chi connectivity index (χ2n) is 4.44. The van der Waals surface area contributed by atoms with E-state index in [1.54, 1.807) is 11.7 Å². The Labute approximate surface area is 119 Å². The molecular weight excluding hydrogens is 285 g/mol. The normalized spacial score (nSPS) is 13.2. The van der Waals surface area contributed by atoms with E-state index >= 15 is 0 Å². The Hall–Kier alpha value is -2.06. The van der Waals surface area contributed by atoms with Gasteiger partial charge in [0.15, 0.2) is 5.75 Å². The van der Waals surface area contributed by atoms with Gasteiger partial charge in [0.05, 0.1) is 24.9 Å². The molecule has 2 aromatic rings. The van der Waals surface area contributed by atoms with Crippen LogP contribution < -0.4 is 16.0 Å². The third-order valence-corrected chi connectivity index (χ3v) is 3.18. The molecule has 2 rings (SSSR count). The number of aryl methyl sites for hydroxylation is 1. The molecule has 1 atom stereocenters. The Morgan fingerprint density at radius 1 is 1.29 bits per heavy atom. The zero-order valence-corrected chi connectivity index (χ0v) is 11.5. The number of hydrogen-bond acceptors (Lipinski definition) is 4. The molecule has 114 valence electrons. The molecule has 0 amide bonds. The molecule has 0 fully saturated rings. The molecule has 1 aromatic carbocycles. The lowest BCUT2D eigenvalue weighted by atomic mass is 10.0. The van der Waals surface area contributed by atoms with Gasteiger partial charge in [-0.3, -0.25) is 10.5 Å². The molecule has 8 heteroatoms. The summed E-state index contributed by atoms with van der Waals surface area (Å²) in [7, 11) is 3.19. The van der Waals surface area contributed by atoms with Crippen molar-refractivity contribution in [2.75, 3.05) is 7.11 Å². The monoisotopic (exact) mass is 300 g/mol. The number of ether oxygens (including phenoxy) is 1. The molecule has 3 N–H and O–H groups in total. The van der Waals surface area contributed by atoms with Gasteiger partial charge < -0.3 is 4.74 Å². The van der Waals surface area contributed by atoms with Gasteiger partial charge in [-0.1, -0.05) is 12.1 Å². The number of hydrazine groups is 1. The van der Waals surface area contributed by atoms with Crippen LogP contribution in [0.25, 0.3) is 0 Å². The summed E-state index contributed by atoms with van der Waals surface area (Å²) in [6, 6.07) is 4.25. The van der Waals surface area contributed by atoms with Crippen molar-refractivity contribution in [2.24, 2.45) is 12.9 Å². The van der Waals surface area contributed by atoms with E-state index in [1.807, 2.05) is 0 Å². The number of halogens is 3. The quantitative estimate of drug-likeness (QED) is 0.669. The maximum Gasteiger partial charge on any atom is 0.416 e. The van der Waals surface area contributed by atoms with Gasteiger partial charge >= 0.3 is 6.18 Å². The van der Waals surface area contributed by atoms with Crippen LogP contribution in [0.15, 0.2) is 30.5 Å². The Morgan fingerprint density at radius 3 is 2.38 bits per heavy atom. The fourth-order valence-corrected chi connectivity index (χ4v) is 2.11. The molecule has 1 unspecified atom stereocenters. The van der Waals surface area contributed by atoms with Crippen molar-refractivity contribution in [3.05, 3.63) is 47.3 Å². The van der Waals surface area contributed by atoms with E-state index in [1.165, 1.54) is 25.4 Å². The van der Waals surface area contributed by atoms with E-state index in [-0.39, 0.29) is 0 Å². The number of nitrogens with two attached hydrogens (primary N) is 1. The Bertz CT molecular complexity index is 607. The molecule has 0 bridgehead atoms. The SMILES string of the molecule is COc1cnn(C)c1C(NN)c1ccc(C(F)(F)F)cc1. The summed E-state index contributed by atoms with van der Waals surface area (Å²) < 4.78 is 44.5. The first-order valence-corrected chi connectivity index (χ1v) is 6.07. The van der Waals surface area contributed by atoms with E-state index in [0.29, 0.717) is 17.0 Å². The van der Waals surface area contributed by atoms with Crippen molar-refractivity contribution < 1.29 is 17.9 Å². The number of nitrogens with one attached hydrogen (secondary N) is 1. The average Bonchev–Trinajstić information content (AvgIpc) is 2.81. The maximum absolute atomic E-state index is 12.6. The van der Waals surface area contributed by atoms with Gasteiger partial charge in [-0.15, -0.1) is 0 Å². The van der Waals surface area contributed by atoms with Gasteiger partial charge in [-0.05, 0) is 17.7 Å².